The Kier molecular flexibility index (Phi) is 4.99. The Labute approximate surface area is 124 Å². The predicted molar refractivity (Wildman–Crippen MR) is 80.5 cm³/mol. The van der Waals surface area contributed by atoms with Crippen LogP contribution in [0.15, 0.2) is 42.5 Å². The first kappa shape index (κ1) is 14.7. The molecule has 5 nitrogen and oxygen atoms in total. The number of para-hydroxylation sites is 2. The van der Waals surface area contributed by atoms with Crippen LogP contribution in [-0.2, 0) is 0 Å². The van der Waals surface area contributed by atoms with Gasteiger partial charge in [-0.3, -0.25) is 0 Å². The van der Waals surface area contributed by atoms with Crippen LogP contribution >= 0.6 is 0 Å². The Morgan fingerprint density at radius 1 is 1.19 bits per heavy atom. The van der Waals surface area contributed by atoms with E-state index in [9.17, 15) is 0 Å². The summed E-state index contributed by atoms with van der Waals surface area (Å²) >= 11 is 0. The number of nitriles is 1. The number of nitrogens with zero attached hydrogens (tertiary/aromatic N) is 2. The van der Waals surface area contributed by atoms with Crippen LogP contribution in [0.5, 0.6) is 11.5 Å². The zero-order chi connectivity index (χ0) is 15.1. The largest absolute Gasteiger partial charge is 0.493 e. The average molecular weight is 283 g/mol. The van der Waals surface area contributed by atoms with Gasteiger partial charge in [-0.25, -0.2) is 4.98 Å². The highest BCUT2D eigenvalue weighted by atomic mass is 16.5. The third-order valence-electron chi connectivity index (χ3n) is 2.83. The van der Waals surface area contributed by atoms with Crippen LogP contribution in [0.3, 0.4) is 0 Å². The van der Waals surface area contributed by atoms with E-state index in [2.05, 4.69) is 10.3 Å². The molecule has 1 aromatic carbocycles. The van der Waals surface area contributed by atoms with Gasteiger partial charge >= 0.3 is 0 Å². The molecule has 0 fully saturated rings. The second-order valence-corrected chi connectivity index (χ2v) is 4.48. The third kappa shape index (κ3) is 4.11. The van der Waals surface area contributed by atoms with Gasteiger partial charge in [0.25, 0.3) is 0 Å². The molecule has 0 saturated heterocycles. The first-order chi connectivity index (χ1) is 10.2. The lowest BCUT2D eigenvalue weighted by molar-refractivity contribution is 0.223. The van der Waals surface area contributed by atoms with E-state index < -0.39 is 0 Å². The number of ether oxygens (including phenoxy) is 2. The lowest BCUT2D eigenvalue weighted by atomic mass is 10.3. The summed E-state index contributed by atoms with van der Waals surface area (Å²) in [6.45, 7) is 2.52. The minimum atomic E-state index is -0.0751. The molecule has 108 valence electrons. The van der Waals surface area contributed by atoms with Crippen LogP contribution in [0.25, 0.3) is 0 Å². The summed E-state index contributed by atoms with van der Waals surface area (Å²) < 4.78 is 11.1. The number of methoxy groups -OCH3 is 1. The molecule has 0 spiro atoms. The number of hydrogen-bond acceptors (Lipinski definition) is 5. The second-order valence-electron chi connectivity index (χ2n) is 4.48. The van der Waals surface area contributed by atoms with E-state index in [-0.39, 0.29) is 6.10 Å². The normalized spacial score (nSPS) is 11.3. The predicted octanol–water partition coefficient (Wildman–Crippen LogP) is 2.84. The minimum Gasteiger partial charge on any atom is -0.493 e. The quantitative estimate of drug-likeness (QED) is 0.883. The molecule has 2 rings (SSSR count). The van der Waals surface area contributed by atoms with E-state index in [0.29, 0.717) is 29.6 Å². The number of hydrogen-bond donors (Lipinski definition) is 1. The van der Waals surface area contributed by atoms with Gasteiger partial charge in [0.2, 0.25) is 0 Å². The van der Waals surface area contributed by atoms with Gasteiger partial charge in [0.05, 0.1) is 13.7 Å². The van der Waals surface area contributed by atoms with Gasteiger partial charge in [0, 0.05) is 0 Å². The first-order valence-electron chi connectivity index (χ1n) is 6.63. The lowest BCUT2D eigenvalue weighted by Gasteiger charge is -2.17. The van der Waals surface area contributed by atoms with Crippen LogP contribution < -0.4 is 14.8 Å². The number of pyridine rings is 1. The molecule has 0 saturated carbocycles. The summed E-state index contributed by atoms with van der Waals surface area (Å²) in [5.41, 5.74) is 0.387. The average Bonchev–Trinajstić information content (AvgIpc) is 2.53. The van der Waals surface area contributed by atoms with Crippen molar-refractivity contribution in [3.8, 4) is 17.6 Å². The maximum absolute atomic E-state index is 8.81. The van der Waals surface area contributed by atoms with Crippen molar-refractivity contribution in [2.45, 2.75) is 13.0 Å². The molecule has 1 N–H and O–H groups in total. The van der Waals surface area contributed by atoms with Gasteiger partial charge in [-0.1, -0.05) is 18.2 Å². The fourth-order valence-electron chi connectivity index (χ4n) is 1.82. The van der Waals surface area contributed by atoms with Crippen LogP contribution in [-0.4, -0.2) is 24.7 Å². The second kappa shape index (κ2) is 7.15. The van der Waals surface area contributed by atoms with Crippen LogP contribution in [0.4, 0.5) is 5.82 Å². The summed E-state index contributed by atoms with van der Waals surface area (Å²) in [4.78, 5) is 4.15. The van der Waals surface area contributed by atoms with Crippen molar-refractivity contribution in [1.82, 2.24) is 4.98 Å². The Hall–Kier alpha value is -2.74. The van der Waals surface area contributed by atoms with Gasteiger partial charge in [-0.2, -0.15) is 5.26 Å². The fraction of sp³-hybridized carbons (Fsp3) is 0.250. The summed E-state index contributed by atoms with van der Waals surface area (Å²) in [7, 11) is 1.61. The van der Waals surface area contributed by atoms with Crippen molar-refractivity contribution in [3.63, 3.8) is 0 Å². The molecule has 1 atom stereocenters. The molecular weight excluding hydrogens is 266 g/mol. The van der Waals surface area contributed by atoms with Crippen molar-refractivity contribution in [2.24, 2.45) is 0 Å². The van der Waals surface area contributed by atoms with E-state index in [1.165, 1.54) is 0 Å². The molecular formula is C16H17N3O2. The lowest BCUT2D eigenvalue weighted by Crippen LogP contribution is -2.23. The molecule has 1 unspecified atom stereocenters. The smallest absolute Gasteiger partial charge is 0.161 e. The van der Waals surface area contributed by atoms with Crippen LogP contribution in [0.1, 0.15) is 12.6 Å². The Morgan fingerprint density at radius 2 is 1.95 bits per heavy atom. The first-order valence-corrected chi connectivity index (χ1v) is 6.63. The minimum absolute atomic E-state index is 0.0751. The Bertz CT molecular complexity index is 637. The van der Waals surface area contributed by atoms with Gasteiger partial charge in [0.1, 0.15) is 23.7 Å². The summed E-state index contributed by atoms with van der Waals surface area (Å²) in [5.74, 6) is 2.06. The highest BCUT2D eigenvalue weighted by molar-refractivity contribution is 5.40. The van der Waals surface area contributed by atoms with Gasteiger partial charge in [-0.15, -0.1) is 0 Å². The van der Waals surface area contributed by atoms with Crippen LogP contribution in [0, 0.1) is 11.3 Å². The van der Waals surface area contributed by atoms with Crippen molar-refractivity contribution >= 4 is 5.82 Å². The highest BCUT2D eigenvalue weighted by Gasteiger charge is 2.08. The van der Waals surface area contributed by atoms with Crippen molar-refractivity contribution in [1.29, 1.82) is 5.26 Å². The fourth-order valence-corrected chi connectivity index (χ4v) is 1.82. The number of rotatable bonds is 6. The number of benzene rings is 1. The van der Waals surface area contributed by atoms with Gasteiger partial charge < -0.3 is 14.8 Å². The molecule has 1 aromatic heterocycles. The third-order valence-corrected chi connectivity index (χ3v) is 2.83. The molecule has 1 heterocycles. The van der Waals surface area contributed by atoms with E-state index in [0.717, 1.165) is 0 Å². The number of nitrogens with one attached hydrogen (secondary N) is 1. The molecule has 21 heavy (non-hydrogen) atoms. The molecule has 0 aliphatic rings. The molecule has 5 heteroatoms. The molecule has 2 aromatic rings. The van der Waals surface area contributed by atoms with Crippen LogP contribution in [0.2, 0.25) is 0 Å². The number of anilines is 1. The van der Waals surface area contributed by atoms with Gasteiger partial charge in [-0.05, 0) is 31.2 Å². The van der Waals surface area contributed by atoms with E-state index in [1.54, 1.807) is 19.2 Å². The van der Waals surface area contributed by atoms with Gasteiger partial charge in [0.15, 0.2) is 11.5 Å². The summed E-state index contributed by atoms with van der Waals surface area (Å²) in [5, 5.41) is 12.0. The van der Waals surface area contributed by atoms with Crippen molar-refractivity contribution < 1.29 is 9.47 Å². The SMILES string of the molecule is COc1ccccc1OC(C)CNc1cccc(C#N)n1. The Morgan fingerprint density at radius 3 is 2.67 bits per heavy atom. The van der Waals surface area contributed by atoms with Crippen molar-refractivity contribution in [3.05, 3.63) is 48.2 Å². The topological polar surface area (TPSA) is 67.2 Å². The number of aromatic nitrogens is 1. The maximum Gasteiger partial charge on any atom is 0.161 e. The zero-order valence-electron chi connectivity index (χ0n) is 12.0. The molecule has 0 amide bonds. The summed E-state index contributed by atoms with van der Waals surface area (Å²) in [6, 6.07) is 14.8. The molecule has 0 bridgehead atoms. The monoisotopic (exact) mass is 283 g/mol. The standard InChI is InChI=1S/C16H17N3O2/c1-12(21-15-8-4-3-7-14(15)20-2)11-18-16-9-5-6-13(10-17)19-16/h3-9,12H,11H2,1-2H3,(H,18,19). The van der Waals surface area contributed by atoms with E-state index in [1.807, 2.05) is 43.3 Å². The summed E-state index contributed by atoms with van der Waals surface area (Å²) in [6.07, 6.45) is -0.0751. The zero-order valence-corrected chi connectivity index (χ0v) is 12.0. The van der Waals surface area contributed by atoms with E-state index >= 15 is 0 Å². The maximum atomic E-state index is 8.81. The van der Waals surface area contributed by atoms with E-state index in [4.69, 9.17) is 14.7 Å². The molecule has 0 radical (unpaired) electrons. The highest BCUT2D eigenvalue weighted by Crippen LogP contribution is 2.26. The van der Waals surface area contributed by atoms with Crippen molar-refractivity contribution in [2.75, 3.05) is 19.0 Å². The Balaban J connectivity index is 1.93. The molecule has 0 aliphatic heterocycles. The molecule has 0 aliphatic carbocycles.